The lowest BCUT2D eigenvalue weighted by molar-refractivity contribution is 0.0822. The maximum atomic E-state index is 10.8. The summed E-state index contributed by atoms with van der Waals surface area (Å²) in [6.07, 6.45) is 2.83. The van der Waals surface area contributed by atoms with Gasteiger partial charge in [0.1, 0.15) is 0 Å². The molecule has 0 aromatic carbocycles. The molecule has 1 aromatic heterocycles. The molecule has 0 aliphatic rings. The second-order valence-electron chi connectivity index (χ2n) is 1.87. The van der Waals surface area contributed by atoms with Crippen LogP contribution in [0, 0.1) is 5.21 Å². The highest BCUT2D eigenvalue weighted by molar-refractivity contribution is 5.93. The van der Waals surface area contributed by atoms with Crippen LogP contribution in [0.25, 0.3) is 0 Å². The molecule has 0 saturated heterocycles. The van der Waals surface area contributed by atoms with Gasteiger partial charge < -0.3 is 10.4 Å². The highest BCUT2D eigenvalue weighted by atomic mass is 16.5. The Balaban J connectivity index is 2.86. The van der Waals surface area contributed by atoms with Gasteiger partial charge in [0.2, 0.25) is 0 Å². The number of hydrogen-bond donors (Lipinski definition) is 1. The summed E-state index contributed by atoms with van der Waals surface area (Å²) in [7, 11) is 0. The van der Waals surface area contributed by atoms with Gasteiger partial charge in [0.05, 0.1) is 0 Å². The Bertz CT molecular complexity index is 247. The third-order valence-corrected chi connectivity index (χ3v) is 1.13. The predicted octanol–water partition coefficient (Wildman–Crippen LogP) is -0.105. The average molecular weight is 152 g/mol. The van der Waals surface area contributed by atoms with Gasteiger partial charge in [0.15, 0.2) is 0 Å². The van der Waals surface area contributed by atoms with Crippen LogP contribution in [0.4, 0.5) is 0 Å². The Hall–Kier alpha value is -1.46. The van der Waals surface area contributed by atoms with Crippen LogP contribution in [0.2, 0.25) is 0 Å². The molecule has 1 rings (SSSR count). The number of aromatic nitrogens is 1. The van der Waals surface area contributed by atoms with Crippen LogP contribution in [0.15, 0.2) is 24.5 Å². The van der Waals surface area contributed by atoms with E-state index in [-0.39, 0.29) is 10.7 Å². The Kier molecular flexibility index (Phi) is 2.15. The minimum absolute atomic E-state index is 0.213. The molecule has 58 valence electrons. The van der Waals surface area contributed by atoms with Crippen molar-refractivity contribution >= 4 is 5.91 Å². The van der Waals surface area contributed by atoms with Crippen molar-refractivity contribution in [3.05, 3.63) is 35.3 Å². The van der Waals surface area contributed by atoms with Crippen LogP contribution in [-0.2, 0) is 0 Å². The van der Waals surface area contributed by atoms with Crippen molar-refractivity contribution in [2.75, 3.05) is 0 Å². The van der Waals surface area contributed by atoms with E-state index in [2.05, 4.69) is 10.8 Å². The molecule has 1 amide bonds. The van der Waals surface area contributed by atoms with Crippen molar-refractivity contribution in [2.45, 2.75) is 0 Å². The molecule has 0 saturated carbocycles. The molecule has 0 fully saturated rings. The van der Waals surface area contributed by atoms with E-state index in [9.17, 15) is 10.0 Å². The molecule has 0 aliphatic carbocycles. The smallest absolute Gasteiger partial charge is 0.257 e. The highest BCUT2D eigenvalue weighted by Gasteiger charge is 2.02. The summed E-state index contributed by atoms with van der Waals surface area (Å²) >= 11 is 0. The van der Waals surface area contributed by atoms with Gasteiger partial charge in [0, 0.05) is 18.0 Å². The van der Waals surface area contributed by atoms with Crippen molar-refractivity contribution in [1.82, 2.24) is 10.2 Å². The topological polar surface area (TPSA) is 82.3 Å². The first-order valence-corrected chi connectivity index (χ1v) is 2.88. The molecule has 0 radical (unpaired) electrons. The summed E-state index contributed by atoms with van der Waals surface area (Å²) in [6.45, 7) is 0. The van der Waals surface area contributed by atoms with E-state index in [1.54, 1.807) is 0 Å². The quantitative estimate of drug-likeness (QED) is 0.346. The van der Waals surface area contributed by atoms with E-state index in [0.29, 0.717) is 0 Å². The number of carbonyl (C=O) groups is 1. The van der Waals surface area contributed by atoms with Crippen LogP contribution < -0.4 is 5.84 Å². The molecule has 2 N–H and O–H groups in total. The van der Waals surface area contributed by atoms with Crippen molar-refractivity contribution in [2.24, 2.45) is 5.84 Å². The van der Waals surface area contributed by atoms with Gasteiger partial charge in [-0.15, -0.1) is 0 Å². The fourth-order valence-electron chi connectivity index (χ4n) is 0.622. The lowest BCUT2D eigenvalue weighted by Gasteiger charge is -2.20. The summed E-state index contributed by atoms with van der Waals surface area (Å²) in [6, 6.07) is 2.83. The van der Waals surface area contributed by atoms with E-state index in [0.717, 1.165) is 0 Å². The SMILES string of the molecule is NN([O-])C(=O)c1ccncc1. The summed E-state index contributed by atoms with van der Waals surface area (Å²) in [5, 5.41) is 10.1. The lowest BCUT2D eigenvalue weighted by Crippen LogP contribution is -2.31. The van der Waals surface area contributed by atoms with Crippen molar-refractivity contribution in [3.8, 4) is 0 Å². The van der Waals surface area contributed by atoms with E-state index in [1.165, 1.54) is 24.5 Å². The molecule has 0 unspecified atom stereocenters. The van der Waals surface area contributed by atoms with Crippen LogP contribution in [-0.4, -0.2) is 16.1 Å². The summed E-state index contributed by atoms with van der Waals surface area (Å²) < 4.78 is 0. The second kappa shape index (κ2) is 3.09. The maximum Gasteiger partial charge on any atom is 0.257 e. The summed E-state index contributed by atoms with van der Waals surface area (Å²) in [4.78, 5) is 14.5. The molecule has 0 atom stereocenters. The van der Waals surface area contributed by atoms with Gasteiger partial charge in [-0.05, 0) is 12.1 Å². The molecule has 1 heterocycles. The minimum atomic E-state index is -0.771. The van der Waals surface area contributed by atoms with Crippen LogP contribution in [0.3, 0.4) is 0 Å². The Morgan fingerprint density at radius 2 is 2.09 bits per heavy atom. The Morgan fingerprint density at radius 1 is 1.55 bits per heavy atom. The average Bonchev–Trinajstić information content (AvgIpc) is 2.05. The first-order chi connectivity index (χ1) is 5.22. The van der Waals surface area contributed by atoms with Gasteiger partial charge in [0.25, 0.3) is 5.91 Å². The number of nitrogens with zero attached hydrogens (tertiary/aromatic N) is 2. The molecule has 11 heavy (non-hydrogen) atoms. The molecular formula is C6H6N3O2-. The Morgan fingerprint density at radius 3 is 2.55 bits per heavy atom. The van der Waals surface area contributed by atoms with E-state index in [4.69, 9.17) is 0 Å². The number of nitrogens with two attached hydrogens (primary N) is 1. The molecule has 0 spiro atoms. The number of pyridine rings is 1. The van der Waals surface area contributed by atoms with Gasteiger partial charge in [-0.3, -0.25) is 15.6 Å². The van der Waals surface area contributed by atoms with Crippen molar-refractivity contribution in [3.63, 3.8) is 0 Å². The molecule has 1 aromatic rings. The second-order valence-corrected chi connectivity index (χ2v) is 1.87. The molecule has 0 bridgehead atoms. The van der Waals surface area contributed by atoms with Gasteiger partial charge in [-0.2, -0.15) is 0 Å². The fraction of sp³-hybridized carbons (Fsp3) is 0. The number of hydrogen-bond acceptors (Lipinski definition) is 4. The van der Waals surface area contributed by atoms with Crippen molar-refractivity contribution < 1.29 is 4.79 Å². The predicted molar refractivity (Wildman–Crippen MR) is 38.0 cm³/mol. The molecular weight excluding hydrogens is 146 g/mol. The number of hydroxylamine groups is 1. The third kappa shape index (κ3) is 1.73. The first-order valence-electron chi connectivity index (χ1n) is 2.88. The highest BCUT2D eigenvalue weighted by Crippen LogP contribution is 1.97. The van der Waals surface area contributed by atoms with Crippen LogP contribution in [0.5, 0.6) is 0 Å². The third-order valence-electron chi connectivity index (χ3n) is 1.13. The molecule has 5 nitrogen and oxygen atoms in total. The summed E-state index contributed by atoms with van der Waals surface area (Å²) in [5.41, 5.74) is 0.234. The Labute approximate surface area is 63.0 Å². The lowest BCUT2D eigenvalue weighted by atomic mass is 10.2. The van der Waals surface area contributed by atoms with Gasteiger partial charge >= 0.3 is 0 Å². The number of carbonyl (C=O) groups excluding carboxylic acids is 1. The van der Waals surface area contributed by atoms with E-state index in [1.807, 2.05) is 0 Å². The summed E-state index contributed by atoms with van der Waals surface area (Å²) in [5.74, 6) is 3.90. The monoisotopic (exact) mass is 152 g/mol. The van der Waals surface area contributed by atoms with Crippen molar-refractivity contribution in [1.29, 1.82) is 0 Å². The van der Waals surface area contributed by atoms with Crippen LogP contribution >= 0.6 is 0 Å². The normalized spacial score (nSPS) is 9.27. The van der Waals surface area contributed by atoms with Gasteiger partial charge in [-0.1, -0.05) is 0 Å². The standard InChI is InChI=1S/C6H6N3O2/c7-9(11)6(10)5-1-3-8-4-2-5/h1-4H,7H2/q-1. The molecule has 0 aliphatic heterocycles. The molecule has 5 heteroatoms. The number of amides is 1. The largest absolute Gasteiger partial charge is 0.741 e. The maximum absolute atomic E-state index is 10.8. The zero-order valence-electron chi connectivity index (χ0n) is 5.60. The first kappa shape index (κ1) is 7.64. The zero-order chi connectivity index (χ0) is 8.27. The number of hydrazine groups is 1. The zero-order valence-corrected chi connectivity index (χ0v) is 5.60. The van der Waals surface area contributed by atoms with Crippen LogP contribution in [0.1, 0.15) is 10.4 Å². The minimum Gasteiger partial charge on any atom is -0.741 e. The van der Waals surface area contributed by atoms with E-state index >= 15 is 0 Å². The fourth-order valence-corrected chi connectivity index (χ4v) is 0.622. The van der Waals surface area contributed by atoms with E-state index < -0.39 is 5.91 Å². The van der Waals surface area contributed by atoms with Gasteiger partial charge in [-0.25, -0.2) is 0 Å². The number of rotatable bonds is 1.